The molecular formula is C22H18N2O. The molecule has 0 atom stereocenters. The molecule has 1 aromatic heterocycles. The van der Waals surface area contributed by atoms with Crippen molar-refractivity contribution in [1.29, 1.82) is 0 Å². The summed E-state index contributed by atoms with van der Waals surface area (Å²) in [5.74, 6) is 6.08. The highest BCUT2D eigenvalue weighted by Gasteiger charge is 2.03. The van der Waals surface area contributed by atoms with Gasteiger partial charge in [0, 0.05) is 23.9 Å². The van der Waals surface area contributed by atoms with Gasteiger partial charge < -0.3 is 5.32 Å². The molecule has 0 aliphatic rings. The Morgan fingerprint density at radius 3 is 2.56 bits per heavy atom. The first-order valence-corrected chi connectivity index (χ1v) is 8.16. The summed E-state index contributed by atoms with van der Waals surface area (Å²) in [6, 6.07) is 23.2. The number of nitrogens with zero attached hydrogens (tertiary/aromatic N) is 1. The van der Waals surface area contributed by atoms with E-state index >= 15 is 0 Å². The van der Waals surface area contributed by atoms with E-state index in [1.807, 2.05) is 72.8 Å². The van der Waals surface area contributed by atoms with Crippen molar-refractivity contribution in [3.8, 4) is 11.8 Å². The number of hydrogen-bond donors (Lipinski definition) is 1. The largest absolute Gasteiger partial charge is 0.326 e. The lowest BCUT2D eigenvalue weighted by Crippen LogP contribution is -2.12. The second kappa shape index (κ2) is 8.47. The third-order valence-electron chi connectivity index (χ3n) is 3.63. The number of carbonyl (C=O) groups is 1. The van der Waals surface area contributed by atoms with Crippen LogP contribution in [-0.2, 0) is 11.2 Å². The van der Waals surface area contributed by atoms with Crippen molar-refractivity contribution in [2.75, 3.05) is 5.32 Å². The van der Waals surface area contributed by atoms with Gasteiger partial charge in [0.15, 0.2) is 0 Å². The van der Waals surface area contributed by atoms with Gasteiger partial charge in [-0.3, -0.25) is 4.79 Å². The lowest BCUT2D eigenvalue weighted by molar-refractivity contribution is -0.116. The van der Waals surface area contributed by atoms with E-state index in [1.54, 1.807) is 6.20 Å². The summed E-state index contributed by atoms with van der Waals surface area (Å²) in [5.41, 5.74) is 3.48. The SMILES string of the molecule is O=C(CCc1ccccc1)Nc1cccc(C#Cc2ccccn2)c1. The highest BCUT2D eigenvalue weighted by molar-refractivity contribution is 5.91. The molecule has 122 valence electrons. The van der Waals surface area contributed by atoms with E-state index < -0.39 is 0 Å². The van der Waals surface area contributed by atoms with Crippen LogP contribution in [0.5, 0.6) is 0 Å². The van der Waals surface area contributed by atoms with Gasteiger partial charge in [-0.25, -0.2) is 4.98 Å². The minimum absolute atomic E-state index is 0.00121. The molecule has 25 heavy (non-hydrogen) atoms. The molecule has 3 aromatic rings. The van der Waals surface area contributed by atoms with Crippen LogP contribution in [0, 0.1) is 11.8 Å². The summed E-state index contributed by atoms with van der Waals surface area (Å²) in [6.07, 6.45) is 2.90. The van der Waals surface area contributed by atoms with E-state index in [1.165, 1.54) is 0 Å². The summed E-state index contributed by atoms with van der Waals surface area (Å²) in [5, 5.41) is 2.93. The molecular weight excluding hydrogens is 308 g/mol. The highest BCUT2D eigenvalue weighted by atomic mass is 16.1. The number of amides is 1. The zero-order chi connectivity index (χ0) is 17.3. The Bertz CT molecular complexity index is 893. The van der Waals surface area contributed by atoms with Crippen molar-refractivity contribution in [1.82, 2.24) is 4.98 Å². The molecule has 3 rings (SSSR count). The summed E-state index contributed by atoms with van der Waals surface area (Å²) < 4.78 is 0. The number of pyridine rings is 1. The number of anilines is 1. The van der Waals surface area contributed by atoms with Crippen LogP contribution in [0.25, 0.3) is 0 Å². The van der Waals surface area contributed by atoms with Crippen molar-refractivity contribution < 1.29 is 4.79 Å². The van der Waals surface area contributed by atoms with Crippen LogP contribution in [0.1, 0.15) is 23.2 Å². The molecule has 0 unspecified atom stereocenters. The van der Waals surface area contributed by atoms with Crippen LogP contribution in [0.4, 0.5) is 5.69 Å². The Balaban J connectivity index is 1.60. The first-order valence-electron chi connectivity index (χ1n) is 8.16. The zero-order valence-electron chi connectivity index (χ0n) is 13.8. The molecule has 0 radical (unpaired) electrons. The van der Waals surface area contributed by atoms with Gasteiger partial charge in [0.25, 0.3) is 0 Å². The molecule has 1 N–H and O–H groups in total. The van der Waals surface area contributed by atoms with Gasteiger partial charge in [0.1, 0.15) is 5.69 Å². The van der Waals surface area contributed by atoms with Crippen molar-refractivity contribution in [2.24, 2.45) is 0 Å². The number of nitrogens with one attached hydrogen (secondary N) is 1. The number of benzene rings is 2. The highest BCUT2D eigenvalue weighted by Crippen LogP contribution is 2.11. The van der Waals surface area contributed by atoms with Gasteiger partial charge in [0.2, 0.25) is 5.91 Å². The van der Waals surface area contributed by atoms with Crippen molar-refractivity contribution in [2.45, 2.75) is 12.8 Å². The van der Waals surface area contributed by atoms with Gasteiger partial charge in [-0.15, -0.1) is 0 Å². The van der Waals surface area contributed by atoms with E-state index in [0.29, 0.717) is 6.42 Å². The van der Waals surface area contributed by atoms with E-state index in [4.69, 9.17) is 0 Å². The number of rotatable bonds is 4. The minimum atomic E-state index is -0.00121. The molecule has 0 aliphatic carbocycles. The second-order valence-electron chi connectivity index (χ2n) is 5.58. The van der Waals surface area contributed by atoms with Crippen molar-refractivity contribution >= 4 is 11.6 Å². The summed E-state index contributed by atoms with van der Waals surface area (Å²) in [7, 11) is 0. The number of hydrogen-bond acceptors (Lipinski definition) is 2. The van der Waals surface area contributed by atoms with Crippen LogP contribution in [0.2, 0.25) is 0 Å². The van der Waals surface area contributed by atoms with Gasteiger partial charge in [-0.2, -0.15) is 0 Å². The zero-order valence-corrected chi connectivity index (χ0v) is 13.8. The smallest absolute Gasteiger partial charge is 0.224 e. The average Bonchev–Trinajstić information content (AvgIpc) is 2.67. The fraction of sp³-hybridized carbons (Fsp3) is 0.0909. The quantitative estimate of drug-likeness (QED) is 0.735. The molecule has 3 nitrogen and oxygen atoms in total. The predicted molar refractivity (Wildman–Crippen MR) is 100 cm³/mol. The van der Waals surface area contributed by atoms with E-state index in [0.717, 1.165) is 28.9 Å². The van der Waals surface area contributed by atoms with Gasteiger partial charge in [-0.1, -0.05) is 48.4 Å². The Morgan fingerprint density at radius 2 is 1.76 bits per heavy atom. The van der Waals surface area contributed by atoms with Gasteiger partial charge in [-0.05, 0) is 48.2 Å². The lowest BCUT2D eigenvalue weighted by Gasteiger charge is -2.06. The Labute approximate surface area is 147 Å². The predicted octanol–water partition coefficient (Wildman–Crippen LogP) is 4.05. The average molecular weight is 326 g/mol. The van der Waals surface area contributed by atoms with Crippen LogP contribution >= 0.6 is 0 Å². The third-order valence-corrected chi connectivity index (χ3v) is 3.63. The third kappa shape index (κ3) is 5.33. The molecule has 1 heterocycles. The van der Waals surface area contributed by atoms with E-state index in [-0.39, 0.29) is 5.91 Å². The summed E-state index contributed by atoms with van der Waals surface area (Å²) >= 11 is 0. The fourth-order valence-electron chi connectivity index (χ4n) is 2.37. The minimum Gasteiger partial charge on any atom is -0.326 e. The molecule has 0 aliphatic heterocycles. The second-order valence-corrected chi connectivity index (χ2v) is 5.58. The normalized spacial score (nSPS) is 9.76. The van der Waals surface area contributed by atoms with Gasteiger partial charge in [0.05, 0.1) is 0 Å². The molecule has 0 spiro atoms. The first kappa shape index (κ1) is 16.5. The molecule has 0 bridgehead atoms. The van der Waals surface area contributed by atoms with E-state index in [9.17, 15) is 4.79 Å². The van der Waals surface area contributed by atoms with Crippen molar-refractivity contribution in [3.63, 3.8) is 0 Å². The topological polar surface area (TPSA) is 42.0 Å². The summed E-state index contributed by atoms with van der Waals surface area (Å²) in [6.45, 7) is 0. The van der Waals surface area contributed by atoms with Crippen LogP contribution in [-0.4, -0.2) is 10.9 Å². The van der Waals surface area contributed by atoms with Gasteiger partial charge >= 0.3 is 0 Å². The molecule has 0 saturated heterocycles. The van der Waals surface area contributed by atoms with Crippen LogP contribution < -0.4 is 5.32 Å². The molecule has 3 heteroatoms. The first-order chi connectivity index (χ1) is 12.3. The number of carbonyl (C=O) groups excluding carboxylic acids is 1. The van der Waals surface area contributed by atoms with Crippen LogP contribution in [0.3, 0.4) is 0 Å². The lowest BCUT2D eigenvalue weighted by atomic mass is 10.1. The van der Waals surface area contributed by atoms with E-state index in [2.05, 4.69) is 22.1 Å². The maximum Gasteiger partial charge on any atom is 0.224 e. The standard InChI is InChI=1S/C22H18N2O/c25-22(15-13-18-7-2-1-3-8-18)24-21-11-6-9-19(17-21)12-14-20-10-4-5-16-23-20/h1-11,16-17H,13,15H2,(H,24,25). The van der Waals surface area contributed by atoms with Crippen molar-refractivity contribution in [3.05, 3.63) is 95.8 Å². The monoisotopic (exact) mass is 326 g/mol. The molecule has 2 aromatic carbocycles. The maximum absolute atomic E-state index is 12.1. The Hall–Kier alpha value is -3.38. The number of aromatic nitrogens is 1. The molecule has 0 fully saturated rings. The molecule has 0 saturated carbocycles. The Kier molecular flexibility index (Phi) is 5.58. The van der Waals surface area contributed by atoms with Crippen LogP contribution in [0.15, 0.2) is 79.0 Å². The fourth-order valence-corrected chi connectivity index (χ4v) is 2.37. The Morgan fingerprint density at radius 1 is 0.920 bits per heavy atom. The summed E-state index contributed by atoms with van der Waals surface area (Å²) in [4.78, 5) is 16.3. The maximum atomic E-state index is 12.1. The number of aryl methyl sites for hydroxylation is 1. The molecule has 1 amide bonds.